The molecule has 0 atom stereocenters. The van der Waals surface area contributed by atoms with Crippen LogP contribution in [0.25, 0.3) is 0 Å². The minimum Gasteiger partial charge on any atom is -0.507 e. The molecule has 4 N–H and O–H groups in total. The predicted octanol–water partition coefficient (Wildman–Crippen LogP) is 0.714. The molecule has 0 bridgehead atoms. The maximum atomic E-state index is 11.9. The number of ether oxygens (including phenoxy) is 1. The zero-order chi connectivity index (χ0) is 16.9. The van der Waals surface area contributed by atoms with Crippen molar-refractivity contribution in [1.82, 2.24) is 16.0 Å². The van der Waals surface area contributed by atoms with Crippen LogP contribution in [0.2, 0.25) is 0 Å². The Bertz CT molecular complexity index is 506. The van der Waals surface area contributed by atoms with Crippen molar-refractivity contribution in [3.8, 4) is 5.75 Å². The van der Waals surface area contributed by atoms with Crippen molar-refractivity contribution in [2.45, 2.75) is 13.3 Å². The van der Waals surface area contributed by atoms with Crippen LogP contribution in [0.3, 0.4) is 0 Å². The summed E-state index contributed by atoms with van der Waals surface area (Å²) >= 11 is 0. The van der Waals surface area contributed by atoms with Crippen molar-refractivity contribution in [3.63, 3.8) is 0 Å². The number of amides is 1. The molecular weight excluding hydrogens is 296 g/mol. The molecule has 23 heavy (non-hydrogen) atoms. The Morgan fingerprint density at radius 2 is 1.96 bits per heavy atom. The number of carbonyl (C=O) groups is 1. The molecule has 7 heteroatoms. The number of aromatic hydroxyl groups is 1. The van der Waals surface area contributed by atoms with Gasteiger partial charge < -0.3 is 25.8 Å². The number of phenolic OH excluding ortho intramolecular Hbond substituents is 1. The number of aliphatic imine (C=N–C) groups is 1. The second kappa shape index (κ2) is 11.3. The van der Waals surface area contributed by atoms with Crippen molar-refractivity contribution < 1.29 is 14.6 Å². The first kappa shape index (κ1) is 18.8. The van der Waals surface area contributed by atoms with Crippen LogP contribution >= 0.6 is 0 Å². The van der Waals surface area contributed by atoms with Crippen LogP contribution < -0.4 is 16.0 Å². The highest BCUT2D eigenvalue weighted by Gasteiger charge is 2.08. The summed E-state index contributed by atoms with van der Waals surface area (Å²) in [5.74, 6) is 0.387. The first-order chi connectivity index (χ1) is 11.2. The van der Waals surface area contributed by atoms with Gasteiger partial charge in [0, 0.05) is 39.9 Å². The number of phenols is 1. The molecule has 128 valence electrons. The average molecular weight is 322 g/mol. The second-order valence-electron chi connectivity index (χ2n) is 4.81. The molecular formula is C16H26N4O3. The summed E-state index contributed by atoms with van der Waals surface area (Å²) < 4.78 is 4.98. The number of rotatable bonds is 9. The summed E-state index contributed by atoms with van der Waals surface area (Å²) in [4.78, 5) is 16.3. The molecule has 0 radical (unpaired) electrons. The van der Waals surface area contributed by atoms with Gasteiger partial charge in [-0.2, -0.15) is 0 Å². The molecule has 0 saturated carbocycles. The standard InChI is InChI=1S/C16H26N4O3/c1-3-17-16(19-9-6-12-23-2)20-11-10-18-15(22)13-7-4-5-8-14(13)21/h4-5,7-8,21H,3,6,9-12H2,1-2H3,(H,18,22)(H2,17,19,20). The van der Waals surface area contributed by atoms with Crippen LogP contribution in [-0.2, 0) is 4.74 Å². The van der Waals surface area contributed by atoms with Gasteiger partial charge >= 0.3 is 0 Å². The molecule has 1 amide bonds. The quantitative estimate of drug-likeness (QED) is 0.305. The van der Waals surface area contributed by atoms with Gasteiger partial charge in [0.25, 0.3) is 5.91 Å². The first-order valence-corrected chi connectivity index (χ1v) is 7.76. The van der Waals surface area contributed by atoms with Crippen molar-refractivity contribution in [2.24, 2.45) is 4.99 Å². The fourth-order valence-corrected chi connectivity index (χ4v) is 1.86. The van der Waals surface area contributed by atoms with E-state index in [0.717, 1.165) is 13.0 Å². The molecule has 0 heterocycles. The van der Waals surface area contributed by atoms with Crippen LogP contribution in [0.1, 0.15) is 23.7 Å². The lowest BCUT2D eigenvalue weighted by atomic mass is 10.2. The number of nitrogens with one attached hydrogen (secondary N) is 3. The van der Waals surface area contributed by atoms with Gasteiger partial charge in [-0.3, -0.25) is 9.79 Å². The third-order valence-corrected chi connectivity index (χ3v) is 2.97. The minimum absolute atomic E-state index is 0.0222. The number of para-hydroxylation sites is 1. The highest BCUT2D eigenvalue weighted by atomic mass is 16.5. The number of nitrogens with zero attached hydrogens (tertiary/aromatic N) is 1. The molecule has 0 aliphatic rings. The normalized spacial score (nSPS) is 11.1. The Hall–Kier alpha value is -2.28. The highest BCUT2D eigenvalue weighted by Crippen LogP contribution is 2.14. The lowest BCUT2D eigenvalue weighted by Gasteiger charge is -2.12. The average Bonchev–Trinajstić information content (AvgIpc) is 2.55. The van der Waals surface area contributed by atoms with E-state index in [9.17, 15) is 9.90 Å². The highest BCUT2D eigenvalue weighted by molar-refractivity contribution is 5.96. The van der Waals surface area contributed by atoms with Crippen LogP contribution in [0.15, 0.2) is 29.3 Å². The summed E-state index contributed by atoms with van der Waals surface area (Å²) in [5, 5.41) is 18.6. The lowest BCUT2D eigenvalue weighted by molar-refractivity contribution is 0.0951. The zero-order valence-electron chi connectivity index (χ0n) is 13.8. The van der Waals surface area contributed by atoms with Gasteiger partial charge in [0.2, 0.25) is 0 Å². The Balaban J connectivity index is 2.33. The van der Waals surface area contributed by atoms with E-state index in [-0.39, 0.29) is 17.2 Å². The maximum Gasteiger partial charge on any atom is 0.255 e. The fraction of sp³-hybridized carbons (Fsp3) is 0.500. The van der Waals surface area contributed by atoms with E-state index in [1.54, 1.807) is 25.3 Å². The van der Waals surface area contributed by atoms with Gasteiger partial charge in [-0.1, -0.05) is 12.1 Å². The molecule has 7 nitrogen and oxygen atoms in total. The van der Waals surface area contributed by atoms with Gasteiger partial charge in [-0.05, 0) is 25.5 Å². The van der Waals surface area contributed by atoms with Gasteiger partial charge in [0.15, 0.2) is 5.96 Å². The van der Waals surface area contributed by atoms with Gasteiger partial charge in [0.05, 0.1) is 5.56 Å². The van der Waals surface area contributed by atoms with Gasteiger partial charge in [-0.15, -0.1) is 0 Å². The molecule has 0 spiro atoms. The number of hydrogen-bond donors (Lipinski definition) is 4. The molecule has 0 unspecified atom stereocenters. The Labute approximate surface area is 137 Å². The number of carbonyl (C=O) groups excluding carboxylic acids is 1. The fourth-order valence-electron chi connectivity index (χ4n) is 1.86. The summed E-state index contributed by atoms with van der Waals surface area (Å²) in [6.07, 6.45) is 0.858. The van der Waals surface area contributed by atoms with E-state index in [4.69, 9.17) is 4.74 Å². The van der Waals surface area contributed by atoms with E-state index >= 15 is 0 Å². The number of guanidine groups is 1. The summed E-state index contributed by atoms with van der Waals surface area (Å²) in [6, 6.07) is 6.46. The summed E-state index contributed by atoms with van der Waals surface area (Å²) in [5.41, 5.74) is 0.271. The third-order valence-electron chi connectivity index (χ3n) is 2.97. The van der Waals surface area contributed by atoms with E-state index in [1.165, 1.54) is 6.07 Å². The molecule has 0 aliphatic heterocycles. The van der Waals surface area contributed by atoms with E-state index in [1.807, 2.05) is 6.92 Å². The third kappa shape index (κ3) is 7.51. The van der Waals surface area contributed by atoms with Crippen LogP contribution in [0, 0.1) is 0 Å². The molecule has 0 fully saturated rings. The second-order valence-corrected chi connectivity index (χ2v) is 4.81. The van der Waals surface area contributed by atoms with Crippen molar-refractivity contribution in [2.75, 3.05) is 39.9 Å². The SMILES string of the molecule is CCNC(=NCCCOC)NCCNC(=O)c1ccccc1O. The molecule has 0 aliphatic carbocycles. The largest absolute Gasteiger partial charge is 0.507 e. The minimum atomic E-state index is -0.299. The molecule has 1 aromatic rings. The molecule has 0 aromatic heterocycles. The lowest BCUT2D eigenvalue weighted by Crippen LogP contribution is -2.41. The maximum absolute atomic E-state index is 11.9. The monoisotopic (exact) mass is 322 g/mol. The smallest absolute Gasteiger partial charge is 0.255 e. The Morgan fingerprint density at radius 1 is 1.22 bits per heavy atom. The van der Waals surface area contributed by atoms with Crippen molar-refractivity contribution in [1.29, 1.82) is 0 Å². The van der Waals surface area contributed by atoms with E-state index < -0.39 is 0 Å². The van der Waals surface area contributed by atoms with Crippen LogP contribution in [-0.4, -0.2) is 56.9 Å². The van der Waals surface area contributed by atoms with Crippen LogP contribution in [0.5, 0.6) is 5.75 Å². The number of benzene rings is 1. The Morgan fingerprint density at radius 3 is 2.65 bits per heavy atom. The van der Waals surface area contributed by atoms with Crippen molar-refractivity contribution in [3.05, 3.63) is 29.8 Å². The molecule has 1 aromatic carbocycles. The van der Waals surface area contributed by atoms with E-state index in [0.29, 0.717) is 32.2 Å². The van der Waals surface area contributed by atoms with E-state index in [2.05, 4.69) is 20.9 Å². The first-order valence-electron chi connectivity index (χ1n) is 7.76. The summed E-state index contributed by atoms with van der Waals surface area (Å²) in [7, 11) is 1.67. The molecule has 0 saturated heterocycles. The van der Waals surface area contributed by atoms with Crippen molar-refractivity contribution >= 4 is 11.9 Å². The predicted molar refractivity (Wildman–Crippen MR) is 90.9 cm³/mol. The topological polar surface area (TPSA) is 95.0 Å². The van der Waals surface area contributed by atoms with Gasteiger partial charge in [-0.25, -0.2) is 0 Å². The number of methoxy groups -OCH3 is 1. The summed E-state index contributed by atoms with van der Waals surface area (Å²) in [6.45, 7) is 5.07. The zero-order valence-corrected chi connectivity index (χ0v) is 13.8. The Kier molecular flexibility index (Phi) is 9.23. The molecule has 1 rings (SSSR count). The number of hydrogen-bond acceptors (Lipinski definition) is 4. The van der Waals surface area contributed by atoms with Gasteiger partial charge in [0.1, 0.15) is 5.75 Å². The van der Waals surface area contributed by atoms with Crippen LogP contribution in [0.4, 0.5) is 0 Å².